The quantitative estimate of drug-likeness (QED) is 0.177. The lowest BCUT2D eigenvalue weighted by atomic mass is 9.90. The van der Waals surface area contributed by atoms with Gasteiger partial charge in [0.15, 0.2) is 5.82 Å². The molecule has 0 radical (unpaired) electrons. The van der Waals surface area contributed by atoms with Crippen LogP contribution in [0.15, 0.2) is 168 Å². The van der Waals surface area contributed by atoms with Gasteiger partial charge in [-0.05, 0) is 74.8 Å². The minimum atomic E-state index is 0.702. The van der Waals surface area contributed by atoms with Crippen LogP contribution in [0.1, 0.15) is 0 Å². The van der Waals surface area contributed by atoms with E-state index in [2.05, 4.69) is 150 Å². The van der Waals surface area contributed by atoms with Gasteiger partial charge in [0.2, 0.25) is 0 Å². The van der Waals surface area contributed by atoms with Crippen LogP contribution in [0, 0.1) is 0 Å². The summed E-state index contributed by atoms with van der Waals surface area (Å²) in [6, 6.07) is 58.2. The minimum Gasteiger partial charge on any atom is -0.456 e. The molecule has 12 aromatic rings. The van der Waals surface area contributed by atoms with E-state index in [-0.39, 0.29) is 0 Å². The van der Waals surface area contributed by atoms with Gasteiger partial charge in [-0.2, -0.15) is 0 Å². The number of nitrogens with zero attached hydrogens (tertiary/aromatic N) is 3. The lowest BCUT2D eigenvalue weighted by Gasteiger charge is -2.14. The van der Waals surface area contributed by atoms with Crippen LogP contribution >= 0.6 is 0 Å². The van der Waals surface area contributed by atoms with Crippen LogP contribution in [0.4, 0.5) is 0 Å². The molecule has 0 aliphatic carbocycles. The molecule has 52 heavy (non-hydrogen) atoms. The molecular formula is C48H27N3O. The molecule has 0 saturated heterocycles. The number of aromatic nitrogens is 3. The van der Waals surface area contributed by atoms with Crippen molar-refractivity contribution in [2.45, 2.75) is 0 Å². The molecule has 0 aliphatic heterocycles. The predicted octanol–water partition coefficient (Wildman–Crippen LogP) is 12.9. The Morgan fingerprint density at radius 2 is 1.12 bits per heavy atom. The lowest BCUT2D eigenvalue weighted by Crippen LogP contribution is -1.97. The van der Waals surface area contributed by atoms with Crippen LogP contribution in [0.5, 0.6) is 0 Å². The minimum absolute atomic E-state index is 0.702. The zero-order chi connectivity index (χ0) is 33.9. The first kappa shape index (κ1) is 27.7. The second kappa shape index (κ2) is 10.3. The van der Waals surface area contributed by atoms with Crippen LogP contribution < -0.4 is 0 Å². The van der Waals surface area contributed by atoms with Crippen molar-refractivity contribution in [2.75, 3.05) is 0 Å². The molecule has 0 unspecified atom stereocenters. The molecule has 0 aliphatic rings. The molecule has 0 atom stereocenters. The highest BCUT2D eigenvalue weighted by Gasteiger charge is 2.23. The zero-order valence-corrected chi connectivity index (χ0v) is 27.8. The molecule has 0 saturated carbocycles. The molecule has 12 rings (SSSR count). The van der Waals surface area contributed by atoms with Crippen molar-refractivity contribution >= 4 is 87.0 Å². The highest BCUT2D eigenvalue weighted by atomic mass is 16.3. The van der Waals surface area contributed by atoms with E-state index in [1.165, 1.54) is 43.1 Å². The van der Waals surface area contributed by atoms with E-state index in [1.807, 2.05) is 18.2 Å². The summed E-state index contributed by atoms with van der Waals surface area (Å²) < 4.78 is 8.83. The van der Waals surface area contributed by atoms with Crippen molar-refractivity contribution in [3.63, 3.8) is 0 Å². The van der Waals surface area contributed by atoms with Crippen molar-refractivity contribution in [3.05, 3.63) is 164 Å². The SMILES string of the molecule is c1ccc(-c2nc(-c3cc4c5c6ccccc6ccc5c5cccc6c5c4c(c3)n6-c3ccc4c(c3)oc3ccccc34)nc3ccccc23)cc1. The van der Waals surface area contributed by atoms with Gasteiger partial charge in [0.1, 0.15) is 11.2 Å². The highest BCUT2D eigenvalue weighted by Crippen LogP contribution is 2.47. The molecule has 0 N–H and O–H groups in total. The third-order valence-electron chi connectivity index (χ3n) is 10.9. The topological polar surface area (TPSA) is 43.9 Å². The maximum absolute atomic E-state index is 6.43. The smallest absolute Gasteiger partial charge is 0.160 e. The van der Waals surface area contributed by atoms with E-state index < -0.39 is 0 Å². The van der Waals surface area contributed by atoms with Crippen LogP contribution in [-0.4, -0.2) is 14.5 Å². The molecule has 0 spiro atoms. The summed E-state index contributed by atoms with van der Waals surface area (Å²) in [5.74, 6) is 0.702. The molecule has 0 bridgehead atoms. The first-order chi connectivity index (χ1) is 25.8. The predicted molar refractivity (Wildman–Crippen MR) is 216 cm³/mol. The Hall–Kier alpha value is -7.04. The van der Waals surface area contributed by atoms with Gasteiger partial charge in [0, 0.05) is 49.8 Å². The van der Waals surface area contributed by atoms with Gasteiger partial charge in [-0.25, -0.2) is 9.97 Å². The summed E-state index contributed by atoms with van der Waals surface area (Å²) >= 11 is 0. The van der Waals surface area contributed by atoms with Crippen molar-refractivity contribution < 1.29 is 4.42 Å². The molecule has 3 heterocycles. The number of rotatable bonds is 3. The van der Waals surface area contributed by atoms with Gasteiger partial charge in [-0.1, -0.05) is 115 Å². The summed E-state index contributed by atoms with van der Waals surface area (Å²) in [7, 11) is 0. The van der Waals surface area contributed by atoms with Crippen LogP contribution in [0.2, 0.25) is 0 Å². The van der Waals surface area contributed by atoms with E-state index >= 15 is 0 Å². The molecule has 240 valence electrons. The molecule has 0 fully saturated rings. The first-order valence-electron chi connectivity index (χ1n) is 17.7. The number of para-hydroxylation sites is 2. The van der Waals surface area contributed by atoms with Gasteiger partial charge >= 0.3 is 0 Å². The Morgan fingerprint density at radius 3 is 2.04 bits per heavy atom. The largest absolute Gasteiger partial charge is 0.456 e. The van der Waals surface area contributed by atoms with E-state index in [1.54, 1.807) is 0 Å². The monoisotopic (exact) mass is 661 g/mol. The Bertz CT molecular complexity index is 3410. The van der Waals surface area contributed by atoms with Gasteiger partial charge in [0.05, 0.1) is 22.2 Å². The van der Waals surface area contributed by atoms with Crippen molar-refractivity contribution in [1.82, 2.24) is 14.5 Å². The number of hydrogen-bond acceptors (Lipinski definition) is 3. The Morgan fingerprint density at radius 1 is 0.404 bits per heavy atom. The summed E-state index contributed by atoms with van der Waals surface area (Å²) in [6.45, 7) is 0. The summed E-state index contributed by atoms with van der Waals surface area (Å²) in [6.07, 6.45) is 0. The molecular weight excluding hydrogens is 635 g/mol. The number of benzene rings is 9. The average Bonchev–Trinajstić information content (AvgIpc) is 3.75. The maximum Gasteiger partial charge on any atom is 0.160 e. The Balaban J connectivity index is 1.25. The number of fused-ring (bicyclic) bond motifs is 9. The van der Waals surface area contributed by atoms with Gasteiger partial charge in [-0.15, -0.1) is 0 Å². The molecule has 4 nitrogen and oxygen atoms in total. The Labute approximate surface area is 297 Å². The lowest BCUT2D eigenvalue weighted by molar-refractivity contribution is 0.668. The van der Waals surface area contributed by atoms with Crippen LogP contribution in [-0.2, 0) is 0 Å². The number of hydrogen-bond donors (Lipinski definition) is 0. The summed E-state index contributed by atoms with van der Waals surface area (Å²) in [4.78, 5) is 10.6. The maximum atomic E-state index is 6.43. The van der Waals surface area contributed by atoms with Crippen LogP contribution in [0.3, 0.4) is 0 Å². The van der Waals surface area contributed by atoms with Gasteiger partial charge in [0.25, 0.3) is 0 Å². The van der Waals surface area contributed by atoms with E-state index in [0.717, 1.165) is 66.4 Å². The van der Waals surface area contributed by atoms with Crippen molar-refractivity contribution in [3.8, 4) is 28.3 Å². The standard InChI is InChI=1S/C48H27N3O/c1-2-12-29(13-3-1)47-37-16-6-8-18-39(37)49-48(50-47)30-25-38-44-32-14-5-4-11-28(32)21-23-36(44)35-17-10-19-40-45(35)46(38)41(26-30)51(40)31-22-24-34-33-15-7-9-20-42(33)52-43(34)27-31/h1-27H. The second-order valence-electron chi connectivity index (χ2n) is 13.7. The molecule has 0 amide bonds. The third-order valence-corrected chi connectivity index (χ3v) is 10.9. The highest BCUT2D eigenvalue weighted by molar-refractivity contribution is 6.38. The van der Waals surface area contributed by atoms with Gasteiger partial charge in [-0.3, -0.25) is 0 Å². The van der Waals surface area contributed by atoms with Crippen molar-refractivity contribution in [2.24, 2.45) is 0 Å². The fourth-order valence-electron chi connectivity index (χ4n) is 8.68. The molecule has 3 aromatic heterocycles. The van der Waals surface area contributed by atoms with Crippen molar-refractivity contribution in [1.29, 1.82) is 0 Å². The van der Waals surface area contributed by atoms with E-state index in [4.69, 9.17) is 14.4 Å². The molecule has 4 heteroatoms. The Kier molecular flexibility index (Phi) is 5.47. The van der Waals surface area contributed by atoms with Crippen LogP contribution in [0.25, 0.3) is 115 Å². The summed E-state index contributed by atoms with van der Waals surface area (Å²) in [5, 5.41) is 13.2. The average molecular weight is 662 g/mol. The fourth-order valence-corrected chi connectivity index (χ4v) is 8.68. The van der Waals surface area contributed by atoms with Gasteiger partial charge < -0.3 is 8.98 Å². The third kappa shape index (κ3) is 3.75. The summed E-state index contributed by atoms with van der Waals surface area (Å²) in [5.41, 5.74) is 8.98. The second-order valence-corrected chi connectivity index (χ2v) is 13.7. The fraction of sp³-hybridized carbons (Fsp3) is 0. The first-order valence-corrected chi connectivity index (χ1v) is 17.7. The molecule has 9 aromatic carbocycles. The number of furan rings is 1. The van der Waals surface area contributed by atoms with E-state index in [9.17, 15) is 0 Å². The normalized spacial score (nSPS) is 12.2. The van der Waals surface area contributed by atoms with E-state index in [0.29, 0.717) is 5.82 Å². The zero-order valence-electron chi connectivity index (χ0n) is 27.8.